The highest BCUT2D eigenvalue weighted by molar-refractivity contribution is 6.21. The molecule has 1 aliphatic rings. The van der Waals surface area contributed by atoms with E-state index in [-0.39, 0.29) is 11.8 Å². The zero-order valence-electron chi connectivity index (χ0n) is 8.72. The first-order chi connectivity index (χ1) is 7.75. The maximum atomic E-state index is 11.8. The van der Waals surface area contributed by atoms with Gasteiger partial charge in [0.15, 0.2) is 0 Å². The molecule has 2 N–H and O–H groups in total. The molecular weight excluding hydrogens is 204 g/mol. The fourth-order valence-corrected chi connectivity index (χ4v) is 1.62. The van der Waals surface area contributed by atoms with Crippen molar-refractivity contribution in [2.24, 2.45) is 5.73 Å². The summed E-state index contributed by atoms with van der Waals surface area (Å²) in [5, 5.41) is 0. The van der Waals surface area contributed by atoms with Gasteiger partial charge in [0.05, 0.1) is 11.1 Å². The molecule has 16 heavy (non-hydrogen) atoms. The summed E-state index contributed by atoms with van der Waals surface area (Å²) in [5.41, 5.74) is 6.25. The Morgan fingerprint density at radius 1 is 1.12 bits per heavy atom. The Morgan fingerprint density at radius 3 is 2.19 bits per heavy atom. The van der Waals surface area contributed by atoms with Crippen LogP contribution in [0.4, 0.5) is 0 Å². The molecule has 2 amide bonds. The van der Waals surface area contributed by atoms with Crippen LogP contribution >= 0.6 is 0 Å². The second-order valence-corrected chi connectivity index (χ2v) is 3.49. The van der Waals surface area contributed by atoms with E-state index < -0.39 is 0 Å². The smallest absolute Gasteiger partial charge is 0.265 e. The van der Waals surface area contributed by atoms with Crippen molar-refractivity contribution >= 4 is 11.8 Å². The molecule has 1 aliphatic heterocycles. The van der Waals surface area contributed by atoms with Crippen molar-refractivity contribution in [2.45, 2.75) is 6.42 Å². The molecule has 1 heterocycles. The van der Waals surface area contributed by atoms with Gasteiger partial charge in [-0.15, -0.1) is 0 Å². The topological polar surface area (TPSA) is 63.4 Å². The second-order valence-electron chi connectivity index (χ2n) is 3.49. The maximum Gasteiger partial charge on any atom is 0.265 e. The van der Waals surface area contributed by atoms with E-state index in [0.717, 1.165) is 4.90 Å². The molecule has 0 fully saturated rings. The standard InChI is InChI=1S/C12H12N2O2/c13-7-3-4-8-14-11(15)9-5-1-2-6-10(9)12(14)16/h1-2,4-6,8H,3,7,13H2. The van der Waals surface area contributed by atoms with Gasteiger partial charge < -0.3 is 5.73 Å². The van der Waals surface area contributed by atoms with Crippen LogP contribution in [0.15, 0.2) is 36.5 Å². The van der Waals surface area contributed by atoms with Crippen LogP contribution in [0, 0.1) is 0 Å². The average Bonchev–Trinajstić information content (AvgIpc) is 2.55. The number of rotatable bonds is 3. The van der Waals surface area contributed by atoms with Crippen LogP contribution in [0.3, 0.4) is 0 Å². The van der Waals surface area contributed by atoms with Gasteiger partial charge in [0.1, 0.15) is 0 Å². The summed E-state index contributed by atoms with van der Waals surface area (Å²) in [5.74, 6) is -0.539. The van der Waals surface area contributed by atoms with Crippen LogP contribution < -0.4 is 5.73 Å². The number of carbonyl (C=O) groups is 2. The molecule has 1 aromatic rings. The summed E-state index contributed by atoms with van der Waals surface area (Å²) >= 11 is 0. The average molecular weight is 216 g/mol. The minimum atomic E-state index is -0.270. The molecule has 0 bridgehead atoms. The summed E-state index contributed by atoms with van der Waals surface area (Å²) < 4.78 is 0. The molecule has 1 aromatic carbocycles. The summed E-state index contributed by atoms with van der Waals surface area (Å²) in [6, 6.07) is 6.81. The van der Waals surface area contributed by atoms with Crippen LogP contribution in [0.25, 0.3) is 0 Å². The van der Waals surface area contributed by atoms with E-state index in [0.29, 0.717) is 24.1 Å². The molecule has 4 nitrogen and oxygen atoms in total. The van der Waals surface area contributed by atoms with Gasteiger partial charge in [-0.2, -0.15) is 0 Å². The monoisotopic (exact) mass is 216 g/mol. The lowest BCUT2D eigenvalue weighted by molar-refractivity contribution is 0.0721. The van der Waals surface area contributed by atoms with E-state index in [4.69, 9.17) is 5.73 Å². The van der Waals surface area contributed by atoms with Crippen molar-refractivity contribution in [3.8, 4) is 0 Å². The number of imide groups is 1. The number of nitrogens with two attached hydrogens (primary N) is 1. The molecule has 2 rings (SSSR count). The Labute approximate surface area is 93.3 Å². The molecule has 0 atom stereocenters. The predicted octanol–water partition coefficient (Wildman–Crippen LogP) is 1.15. The Hall–Kier alpha value is -1.94. The van der Waals surface area contributed by atoms with E-state index in [1.165, 1.54) is 6.20 Å². The van der Waals surface area contributed by atoms with Gasteiger partial charge in [-0.05, 0) is 25.1 Å². The number of fused-ring (bicyclic) bond motifs is 1. The van der Waals surface area contributed by atoms with Gasteiger partial charge in [0, 0.05) is 6.20 Å². The summed E-state index contributed by atoms with van der Waals surface area (Å²) in [4.78, 5) is 24.8. The number of benzene rings is 1. The summed E-state index contributed by atoms with van der Waals surface area (Å²) in [6.07, 6.45) is 3.87. The molecule has 0 aliphatic carbocycles. The highest BCUT2D eigenvalue weighted by Crippen LogP contribution is 2.22. The molecule has 0 spiro atoms. The molecular formula is C12H12N2O2. The first-order valence-electron chi connectivity index (χ1n) is 5.09. The third kappa shape index (κ3) is 1.63. The van der Waals surface area contributed by atoms with Crippen molar-refractivity contribution in [2.75, 3.05) is 6.54 Å². The zero-order valence-corrected chi connectivity index (χ0v) is 8.72. The molecule has 82 valence electrons. The van der Waals surface area contributed by atoms with Crippen molar-refractivity contribution < 1.29 is 9.59 Å². The fourth-order valence-electron chi connectivity index (χ4n) is 1.62. The first kappa shape index (κ1) is 10.6. The molecule has 4 heteroatoms. The Morgan fingerprint density at radius 2 is 1.69 bits per heavy atom. The highest BCUT2D eigenvalue weighted by Gasteiger charge is 2.33. The van der Waals surface area contributed by atoms with Crippen LogP contribution in [-0.2, 0) is 0 Å². The molecule has 0 aromatic heterocycles. The van der Waals surface area contributed by atoms with Gasteiger partial charge in [-0.3, -0.25) is 9.59 Å². The minimum absolute atomic E-state index is 0.270. The van der Waals surface area contributed by atoms with Crippen LogP contribution in [0.5, 0.6) is 0 Å². The molecule has 0 radical (unpaired) electrons. The molecule has 0 unspecified atom stereocenters. The van der Waals surface area contributed by atoms with E-state index in [1.54, 1.807) is 30.3 Å². The Kier molecular flexibility index (Phi) is 2.83. The van der Waals surface area contributed by atoms with Crippen molar-refractivity contribution in [3.63, 3.8) is 0 Å². The van der Waals surface area contributed by atoms with Crippen molar-refractivity contribution in [3.05, 3.63) is 47.7 Å². The zero-order chi connectivity index (χ0) is 11.5. The molecule has 0 saturated heterocycles. The van der Waals surface area contributed by atoms with Gasteiger partial charge >= 0.3 is 0 Å². The first-order valence-corrected chi connectivity index (χ1v) is 5.09. The quantitative estimate of drug-likeness (QED) is 0.771. The second kappa shape index (κ2) is 4.28. The number of hydrogen-bond donors (Lipinski definition) is 1. The summed E-state index contributed by atoms with van der Waals surface area (Å²) in [6.45, 7) is 0.500. The maximum absolute atomic E-state index is 11.8. The predicted molar refractivity (Wildman–Crippen MR) is 59.8 cm³/mol. The lowest BCUT2D eigenvalue weighted by Gasteiger charge is -2.06. The van der Waals surface area contributed by atoms with E-state index in [2.05, 4.69) is 0 Å². The summed E-state index contributed by atoms with van der Waals surface area (Å²) in [7, 11) is 0. The minimum Gasteiger partial charge on any atom is -0.330 e. The lowest BCUT2D eigenvalue weighted by Crippen LogP contribution is -2.23. The lowest BCUT2D eigenvalue weighted by atomic mass is 10.1. The van der Waals surface area contributed by atoms with Gasteiger partial charge in [0.25, 0.3) is 11.8 Å². The van der Waals surface area contributed by atoms with Crippen LogP contribution in [0.1, 0.15) is 27.1 Å². The van der Waals surface area contributed by atoms with Crippen molar-refractivity contribution in [1.29, 1.82) is 0 Å². The Balaban J connectivity index is 2.28. The van der Waals surface area contributed by atoms with Crippen LogP contribution in [0.2, 0.25) is 0 Å². The molecule has 0 saturated carbocycles. The number of hydrogen-bond acceptors (Lipinski definition) is 3. The SMILES string of the molecule is NCCC=CN1C(=O)c2ccccc2C1=O. The fraction of sp³-hybridized carbons (Fsp3) is 0.167. The number of amides is 2. The number of carbonyl (C=O) groups excluding carboxylic acids is 2. The van der Waals surface area contributed by atoms with E-state index >= 15 is 0 Å². The normalized spacial score (nSPS) is 14.9. The Bertz CT molecular complexity index is 431. The third-order valence-electron chi connectivity index (χ3n) is 2.41. The highest BCUT2D eigenvalue weighted by atomic mass is 16.2. The van der Waals surface area contributed by atoms with Crippen molar-refractivity contribution in [1.82, 2.24) is 4.90 Å². The van der Waals surface area contributed by atoms with Crippen LogP contribution in [-0.4, -0.2) is 23.3 Å². The van der Waals surface area contributed by atoms with E-state index in [1.807, 2.05) is 0 Å². The number of nitrogens with zero attached hydrogens (tertiary/aromatic N) is 1. The van der Waals surface area contributed by atoms with E-state index in [9.17, 15) is 9.59 Å². The van der Waals surface area contributed by atoms with Gasteiger partial charge in [-0.25, -0.2) is 4.90 Å². The largest absolute Gasteiger partial charge is 0.330 e. The van der Waals surface area contributed by atoms with Gasteiger partial charge in [0.2, 0.25) is 0 Å². The van der Waals surface area contributed by atoms with Gasteiger partial charge in [-0.1, -0.05) is 18.2 Å². The third-order valence-corrected chi connectivity index (χ3v) is 2.41.